The molecule has 0 saturated heterocycles. The zero-order valence-electron chi connectivity index (χ0n) is 78.8. The fourth-order valence-corrected chi connectivity index (χ4v) is 23.8. The van der Waals surface area contributed by atoms with Gasteiger partial charge in [-0.05, 0) is 229 Å². The molecule has 0 spiro atoms. The zero-order valence-corrected chi connectivity index (χ0v) is 78.8. The van der Waals surface area contributed by atoms with E-state index in [2.05, 4.69) is 504 Å². The van der Waals surface area contributed by atoms with Gasteiger partial charge < -0.3 is 4.57 Å². The molecule has 0 unspecified atom stereocenters. The lowest BCUT2D eigenvalue weighted by Crippen LogP contribution is -2.03. The number of rotatable bonds is 10. The summed E-state index contributed by atoms with van der Waals surface area (Å²) >= 11 is 0. The lowest BCUT2D eigenvalue weighted by molar-refractivity contribution is 1.01. The fourth-order valence-electron chi connectivity index (χ4n) is 23.8. The highest BCUT2D eigenvalue weighted by Crippen LogP contribution is 2.54. The third kappa shape index (κ3) is 12.9. The topological polar surface area (TPSA) is 97.1 Å². The molecule has 32 rings (SSSR count). The second kappa shape index (κ2) is 33.0. The maximum atomic E-state index is 5.49. The highest BCUT2D eigenvalue weighted by Gasteiger charge is 2.31. The summed E-state index contributed by atoms with van der Waals surface area (Å²) in [6, 6.07) is 178. The van der Waals surface area contributed by atoms with E-state index in [-0.39, 0.29) is 0 Å². The lowest BCUT2D eigenvalue weighted by atomic mass is 9.93. The summed E-state index contributed by atoms with van der Waals surface area (Å²) in [6.07, 6.45) is 0. The predicted molar refractivity (Wildman–Crippen MR) is 607 cm³/mol. The van der Waals surface area contributed by atoms with E-state index in [9.17, 15) is 0 Å². The van der Waals surface area contributed by atoms with E-state index in [1.54, 1.807) is 0 Å². The second-order valence-electron chi connectivity index (χ2n) is 38.1. The monoisotopic (exact) mass is 1850 g/mol. The van der Waals surface area contributed by atoms with Crippen LogP contribution in [-0.2, 0) is 0 Å². The molecule has 0 saturated carbocycles. The Kier molecular flexibility index (Phi) is 18.6. The lowest BCUT2D eigenvalue weighted by Gasteiger charge is -2.15. The summed E-state index contributed by atoms with van der Waals surface area (Å²) in [6.45, 7) is 0. The number of aromatic nitrogens is 10. The van der Waals surface area contributed by atoms with Crippen molar-refractivity contribution in [3.05, 3.63) is 497 Å². The molecule has 0 atom stereocenters. The van der Waals surface area contributed by atoms with Crippen molar-refractivity contribution in [1.29, 1.82) is 0 Å². The normalized spacial score (nSPS) is 12.0. The summed E-state index contributed by atoms with van der Waals surface area (Å²) in [4.78, 5) is 32.0. The summed E-state index contributed by atoms with van der Waals surface area (Å²) < 4.78 is 9.21. The Morgan fingerprint density at radius 2 is 0.438 bits per heavy atom. The largest absolute Gasteiger partial charge is 0.309 e. The van der Waals surface area contributed by atoms with E-state index in [0.29, 0.717) is 17.8 Å². The van der Waals surface area contributed by atoms with E-state index in [1.165, 1.54) is 159 Å². The molecule has 7 heterocycles. The number of para-hydroxylation sites is 4. The maximum Gasteiger partial charge on any atom is 0.235 e. The second-order valence-corrected chi connectivity index (χ2v) is 38.1. The van der Waals surface area contributed by atoms with Crippen molar-refractivity contribution in [2.75, 3.05) is 0 Å². The summed E-state index contributed by atoms with van der Waals surface area (Å²) in [5.74, 6) is 2.00. The SMILES string of the molecule is c1cc(-c2ccc3ccccc3c2)cc(-c2nc(-n3c4cccc5c4c4c(cccc43)-c3cccc4cccc-5c34)nc3ccccc23)c1.c1ccc(-c2cc(-c3nc(-n4c5cccc6c5c5c(cccc54)-c4cccc5cccc-6c45)nc4ccccc34)cc3ccccc23)cc1.c1ccc(-c2ccc(-n3c4ccccc4c4cccc5c4c4c3cccc4n5-c3nc(-c4ccccc4)c4ccccc4n3)cc2)cc1. The van der Waals surface area contributed by atoms with Crippen LogP contribution >= 0.6 is 0 Å². The van der Waals surface area contributed by atoms with Crippen LogP contribution in [-0.4, -0.2) is 48.2 Å². The van der Waals surface area contributed by atoms with Gasteiger partial charge in [-0.25, -0.2) is 29.9 Å². The molecule has 0 amide bonds. The minimum Gasteiger partial charge on any atom is -0.309 e. The molecule has 10 nitrogen and oxygen atoms in total. The molecule has 146 heavy (non-hydrogen) atoms. The number of nitrogens with zero attached hydrogens (tertiary/aromatic N) is 10. The molecule has 0 bridgehead atoms. The predicted octanol–water partition coefficient (Wildman–Crippen LogP) is 35.2. The smallest absolute Gasteiger partial charge is 0.235 e. The molecule has 2 aliphatic carbocycles. The maximum absolute atomic E-state index is 5.49. The van der Waals surface area contributed by atoms with Gasteiger partial charge in [0.05, 0.1) is 77.8 Å². The number of benzene rings is 23. The van der Waals surface area contributed by atoms with Crippen LogP contribution in [0.1, 0.15) is 0 Å². The molecule has 0 N–H and O–H groups in total. The molecule has 0 aliphatic heterocycles. The Bertz CT molecular complexity index is 10500. The van der Waals surface area contributed by atoms with Crippen LogP contribution in [0.15, 0.2) is 497 Å². The quantitative estimate of drug-likeness (QED) is 0.135. The van der Waals surface area contributed by atoms with Crippen LogP contribution < -0.4 is 0 Å². The van der Waals surface area contributed by atoms with Crippen LogP contribution in [0.3, 0.4) is 0 Å². The van der Waals surface area contributed by atoms with Crippen molar-refractivity contribution >= 4 is 163 Å². The molecule has 10 heteroatoms. The molecule has 676 valence electrons. The van der Waals surface area contributed by atoms with E-state index in [4.69, 9.17) is 29.9 Å². The molecular weight excluding hydrogens is 1770 g/mol. The van der Waals surface area contributed by atoms with Crippen LogP contribution in [0.25, 0.3) is 298 Å². The van der Waals surface area contributed by atoms with Crippen molar-refractivity contribution in [3.8, 4) is 135 Å². The van der Waals surface area contributed by atoms with Gasteiger partial charge in [-0.15, -0.1) is 0 Å². The summed E-state index contributed by atoms with van der Waals surface area (Å²) in [5, 5.41) is 22.9. The van der Waals surface area contributed by atoms with Gasteiger partial charge in [0.2, 0.25) is 17.8 Å². The number of hydrogen-bond acceptors (Lipinski definition) is 6. The molecular formula is C136H82N10. The van der Waals surface area contributed by atoms with Gasteiger partial charge in [0, 0.05) is 76.2 Å². The minimum atomic E-state index is 0.662. The molecule has 0 radical (unpaired) electrons. The first-order valence-corrected chi connectivity index (χ1v) is 49.8. The molecule has 0 fully saturated rings. The highest BCUT2D eigenvalue weighted by molar-refractivity contribution is 6.31. The van der Waals surface area contributed by atoms with Gasteiger partial charge in [-0.2, -0.15) is 0 Å². The Labute approximate surface area is 837 Å². The Hall–Kier alpha value is -19.7. The van der Waals surface area contributed by atoms with Crippen LogP contribution in [0.2, 0.25) is 0 Å². The first kappa shape index (κ1) is 82.2. The summed E-state index contributed by atoms with van der Waals surface area (Å²) in [5.41, 5.74) is 35.9. The third-order valence-electron chi connectivity index (χ3n) is 30.2. The Morgan fingerprint density at radius 1 is 0.130 bits per heavy atom. The van der Waals surface area contributed by atoms with E-state index in [0.717, 1.165) is 122 Å². The van der Waals surface area contributed by atoms with Crippen LogP contribution in [0.4, 0.5) is 0 Å². The number of fused-ring (bicyclic) bond motifs is 11. The first-order chi connectivity index (χ1) is 72.4. The molecule has 2 aliphatic rings. The Balaban J connectivity index is 0.000000102. The summed E-state index contributed by atoms with van der Waals surface area (Å²) in [7, 11) is 0. The van der Waals surface area contributed by atoms with Gasteiger partial charge in [0.1, 0.15) is 0 Å². The average molecular weight is 1860 g/mol. The van der Waals surface area contributed by atoms with Crippen molar-refractivity contribution in [2.45, 2.75) is 0 Å². The molecule has 30 aromatic rings. The standard InChI is InChI=1S/2C46H27N3.C44H28N4/c1-2-11-30-26-32(25-24-28(30)10-1)31-14-5-15-33(27-31)45-38-16-3-4-21-39(38)47-46(48-45)49-40-22-8-19-36-34-17-6-12-29-13-7-18-35(42(29)34)37-20-9-23-41(49)44(37)43(36)40;1-2-12-28(13-3-1)38-27-31(26-30-14-4-5-17-32(30)38)45-37-18-6-7-23-39(37)47-46(48-45)49-40-24-10-21-35-33-19-8-15-29-16-9-20-34(42(29)33)36-22-11-25-41(49)44(36)43(35)40;1-3-13-29(14-4-1)30-25-27-32(28-26-30)47-37-21-10-8-17-33(37)34-19-11-22-38-41(34)42-39(47)23-12-24-40(42)48(38)44-45-36-20-9-7-18-35(36)43(46-44)31-15-5-2-6-16-31/h2*1-27H;1-28H. The minimum absolute atomic E-state index is 0.662. The van der Waals surface area contributed by atoms with Crippen molar-refractivity contribution in [2.24, 2.45) is 0 Å². The van der Waals surface area contributed by atoms with Gasteiger partial charge in [-0.1, -0.05) is 394 Å². The zero-order chi connectivity index (χ0) is 95.7. The van der Waals surface area contributed by atoms with Gasteiger partial charge >= 0.3 is 0 Å². The van der Waals surface area contributed by atoms with E-state index in [1.807, 2.05) is 12.1 Å². The van der Waals surface area contributed by atoms with Gasteiger partial charge in [-0.3, -0.25) is 13.7 Å². The fraction of sp³-hybridized carbons (Fsp3) is 0. The Morgan fingerprint density at radius 3 is 0.945 bits per heavy atom. The molecule has 7 aromatic heterocycles. The van der Waals surface area contributed by atoms with Crippen molar-refractivity contribution < 1.29 is 0 Å². The van der Waals surface area contributed by atoms with Crippen molar-refractivity contribution in [1.82, 2.24) is 48.2 Å². The number of hydrogen-bond donors (Lipinski definition) is 0. The van der Waals surface area contributed by atoms with Crippen LogP contribution in [0.5, 0.6) is 0 Å². The van der Waals surface area contributed by atoms with E-state index < -0.39 is 0 Å². The van der Waals surface area contributed by atoms with Crippen LogP contribution in [0, 0.1) is 0 Å². The third-order valence-corrected chi connectivity index (χ3v) is 30.2. The van der Waals surface area contributed by atoms with E-state index >= 15 is 0 Å². The average Bonchev–Trinajstić information content (AvgIpc) is 1.55. The molecule has 23 aromatic carbocycles. The van der Waals surface area contributed by atoms with Gasteiger partial charge in [0.15, 0.2) is 0 Å². The highest BCUT2D eigenvalue weighted by atomic mass is 15.2. The first-order valence-electron chi connectivity index (χ1n) is 49.8. The van der Waals surface area contributed by atoms with Crippen molar-refractivity contribution in [3.63, 3.8) is 0 Å². The van der Waals surface area contributed by atoms with Gasteiger partial charge in [0.25, 0.3) is 0 Å².